The van der Waals surface area contributed by atoms with E-state index in [-0.39, 0.29) is 6.09 Å². The molecule has 0 aliphatic carbocycles. The van der Waals surface area contributed by atoms with Crippen molar-refractivity contribution >= 4 is 6.09 Å². The summed E-state index contributed by atoms with van der Waals surface area (Å²) in [5.74, 6) is 1.33. The van der Waals surface area contributed by atoms with Crippen LogP contribution in [0.4, 0.5) is 4.79 Å². The topological polar surface area (TPSA) is 80.5 Å². The monoisotopic (exact) mass is 310 g/mol. The number of ether oxygens (including phenoxy) is 1. The SMILES string of the molecule is Cc1noc(CCNC2CCN(C(=O)OC(C)(C)C)CC2)n1. The van der Waals surface area contributed by atoms with Gasteiger partial charge in [-0.3, -0.25) is 0 Å². The van der Waals surface area contributed by atoms with Crippen LogP contribution in [-0.2, 0) is 11.2 Å². The minimum atomic E-state index is -0.436. The number of aryl methyl sites for hydroxylation is 1. The molecular weight excluding hydrogens is 284 g/mol. The molecule has 2 rings (SSSR count). The number of carbonyl (C=O) groups is 1. The molecule has 124 valence electrons. The Labute approximate surface area is 131 Å². The van der Waals surface area contributed by atoms with Gasteiger partial charge in [0.25, 0.3) is 0 Å². The van der Waals surface area contributed by atoms with Crippen molar-refractivity contribution in [2.24, 2.45) is 0 Å². The normalized spacial score (nSPS) is 16.8. The Morgan fingerprint density at radius 2 is 2.09 bits per heavy atom. The molecule has 1 aliphatic heterocycles. The van der Waals surface area contributed by atoms with Crippen LogP contribution in [0.5, 0.6) is 0 Å². The van der Waals surface area contributed by atoms with Crippen molar-refractivity contribution in [3.63, 3.8) is 0 Å². The fraction of sp³-hybridized carbons (Fsp3) is 0.800. The molecule has 0 saturated carbocycles. The molecule has 0 spiro atoms. The fourth-order valence-corrected chi connectivity index (χ4v) is 2.42. The van der Waals surface area contributed by atoms with Crippen molar-refractivity contribution in [2.45, 2.75) is 58.6 Å². The van der Waals surface area contributed by atoms with E-state index in [2.05, 4.69) is 15.5 Å². The molecule has 1 amide bonds. The van der Waals surface area contributed by atoms with Crippen LogP contribution in [-0.4, -0.2) is 52.4 Å². The predicted molar refractivity (Wildman–Crippen MR) is 81.6 cm³/mol. The summed E-state index contributed by atoms with van der Waals surface area (Å²) in [6.45, 7) is 9.74. The minimum Gasteiger partial charge on any atom is -0.444 e. The quantitative estimate of drug-likeness (QED) is 0.915. The Balaban J connectivity index is 1.65. The predicted octanol–water partition coefficient (Wildman–Crippen LogP) is 1.91. The van der Waals surface area contributed by atoms with E-state index in [9.17, 15) is 4.79 Å². The molecule has 7 nitrogen and oxygen atoms in total. The number of nitrogens with one attached hydrogen (secondary N) is 1. The summed E-state index contributed by atoms with van der Waals surface area (Å²) in [5, 5.41) is 7.25. The zero-order valence-electron chi connectivity index (χ0n) is 13.9. The maximum Gasteiger partial charge on any atom is 0.410 e. The van der Waals surface area contributed by atoms with Crippen LogP contribution in [0.3, 0.4) is 0 Å². The van der Waals surface area contributed by atoms with E-state index in [1.807, 2.05) is 27.7 Å². The molecule has 0 atom stereocenters. The summed E-state index contributed by atoms with van der Waals surface area (Å²) in [5.41, 5.74) is -0.436. The number of carbonyl (C=O) groups excluding carboxylic acids is 1. The summed E-state index contributed by atoms with van der Waals surface area (Å²) < 4.78 is 10.5. The van der Waals surface area contributed by atoms with Crippen LogP contribution in [0.25, 0.3) is 0 Å². The first-order valence-electron chi connectivity index (χ1n) is 7.84. The van der Waals surface area contributed by atoms with E-state index in [1.54, 1.807) is 4.90 Å². The highest BCUT2D eigenvalue weighted by Crippen LogP contribution is 2.15. The van der Waals surface area contributed by atoms with E-state index in [0.29, 0.717) is 17.8 Å². The molecule has 0 radical (unpaired) electrons. The standard InChI is InChI=1S/C15H26N4O3/c1-11-17-13(22-18-11)5-8-16-12-6-9-19(10-7-12)14(20)21-15(2,3)4/h12,16H,5-10H2,1-4H3. The first-order valence-corrected chi connectivity index (χ1v) is 7.84. The average molecular weight is 310 g/mol. The van der Waals surface area contributed by atoms with Crippen molar-refractivity contribution in [2.75, 3.05) is 19.6 Å². The molecule has 1 fully saturated rings. The third kappa shape index (κ3) is 5.29. The van der Waals surface area contributed by atoms with Gasteiger partial charge in [0.1, 0.15) is 5.60 Å². The van der Waals surface area contributed by atoms with Crippen molar-refractivity contribution < 1.29 is 14.1 Å². The number of rotatable bonds is 4. The molecule has 0 unspecified atom stereocenters. The summed E-state index contributed by atoms with van der Waals surface area (Å²) >= 11 is 0. The van der Waals surface area contributed by atoms with Crippen molar-refractivity contribution in [1.82, 2.24) is 20.4 Å². The van der Waals surface area contributed by atoms with Crippen LogP contribution in [0.15, 0.2) is 4.52 Å². The summed E-state index contributed by atoms with van der Waals surface area (Å²) in [7, 11) is 0. The molecule has 1 aromatic rings. The molecule has 0 aromatic carbocycles. The Morgan fingerprint density at radius 3 is 2.64 bits per heavy atom. The lowest BCUT2D eigenvalue weighted by molar-refractivity contribution is 0.0198. The molecule has 7 heteroatoms. The lowest BCUT2D eigenvalue weighted by Crippen LogP contribution is -2.46. The van der Waals surface area contributed by atoms with Crippen molar-refractivity contribution in [3.8, 4) is 0 Å². The third-order valence-electron chi connectivity index (χ3n) is 3.49. The van der Waals surface area contributed by atoms with Gasteiger partial charge in [0.2, 0.25) is 5.89 Å². The maximum atomic E-state index is 12.0. The van der Waals surface area contributed by atoms with Gasteiger partial charge in [-0.1, -0.05) is 5.16 Å². The molecule has 1 N–H and O–H groups in total. The van der Waals surface area contributed by atoms with Crippen molar-refractivity contribution in [3.05, 3.63) is 11.7 Å². The number of likely N-dealkylation sites (tertiary alicyclic amines) is 1. The first kappa shape index (κ1) is 16.7. The number of aromatic nitrogens is 2. The van der Waals surface area contributed by atoms with Gasteiger partial charge in [-0.15, -0.1) is 0 Å². The highest BCUT2D eigenvalue weighted by atomic mass is 16.6. The fourth-order valence-electron chi connectivity index (χ4n) is 2.42. The Kier molecular flexibility index (Phi) is 5.39. The third-order valence-corrected chi connectivity index (χ3v) is 3.49. The molecule has 1 aromatic heterocycles. The molecule has 1 saturated heterocycles. The van der Waals surface area contributed by atoms with E-state index < -0.39 is 5.60 Å². The highest BCUT2D eigenvalue weighted by molar-refractivity contribution is 5.68. The Hall–Kier alpha value is -1.63. The number of hydrogen-bond donors (Lipinski definition) is 1. The van der Waals surface area contributed by atoms with Gasteiger partial charge in [0.05, 0.1) is 0 Å². The molecular formula is C15H26N4O3. The second-order valence-corrected chi connectivity index (χ2v) is 6.68. The first-order chi connectivity index (χ1) is 10.3. The minimum absolute atomic E-state index is 0.215. The number of piperidine rings is 1. The van der Waals surface area contributed by atoms with Gasteiger partial charge in [-0.25, -0.2) is 4.79 Å². The maximum absolute atomic E-state index is 12.0. The second kappa shape index (κ2) is 7.09. The van der Waals surface area contributed by atoms with Crippen molar-refractivity contribution in [1.29, 1.82) is 0 Å². The molecule has 0 bridgehead atoms. The Morgan fingerprint density at radius 1 is 1.41 bits per heavy atom. The smallest absolute Gasteiger partial charge is 0.410 e. The van der Waals surface area contributed by atoms with Crippen LogP contribution in [0.2, 0.25) is 0 Å². The van der Waals surface area contributed by atoms with Gasteiger partial charge < -0.3 is 19.5 Å². The van der Waals surface area contributed by atoms with Crippen LogP contribution in [0.1, 0.15) is 45.3 Å². The largest absolute Gasteiger partial charge is 0.444 e. The number of hydrogen-bond acceptors (Lipinski definition) is 6. The van der Waals surface area contributed by atoms with Crippen LogP contribution in [0, 0.1) is 6.92 Å². The second-order valence-electron chi connectivity index (χ2n) is 6.68. The molecule has 22 heavy (non-hydrogen) atoms. The lowest BCUT2D eigenvalue weighted by Gasteiger charge is -2.33. The van der Waals surface area contributed by atoms with E-state index >= 15 is 0 Å². The summed E-state index contributed by atoms with van der Waals surface area (Å²) in [6.07, 6.45) is 2.38. The zero-order chi connectivity index (χ0) is 16.2. The van der Waals surface area contributed by atoms with E-state index in [0.717, 1.165) is 38.9 Å². The number of nitrogens with zero attached hydrogens (tertiary/aromatic N) is 3. The average Bonchev–Trinajstić information content (AvgIpc) is 2.83. The van der Waals surface area contributed by atoms with Gasteiger partial charge in [-0.05, 0) is 40.5 Å². The lowest BCUT2D eigenvalue weighted by atomic mass is 10.1. The van der Waals surface area contributed by atoms with E-state index in [1.165, 1.54) is 0 Å². The molecule has 1 aliphatic rings. The van der Waals surface area contributed by atoms with Crippen LogP contribution < -0.4 is 5.32 Å². The van der Waals surface area contributed by atoms with E-state index in [4.69, 9.17) is 9.26 Å². The van der Waals surface area contributed by atoms with Gasteiger partial charge in [0, 0.05) is 32.1 Å². The number of amides is 1. The highest BCUT2D eigenvalue weighted by Gasteiger charge is 2.26. The van der Waals surface area contributed by atoms with Crippen LogP contribution >= 0.6 is 0 Å². The Bertz CT molecular complexity index is 487. The zero-order valence-corrected chi connectivity index (χ0v) is 13.9. The van der Waals surface area contributed by atoms with Gasteiger partial charge >= 0.3 is 6.09 Å². The molecule has 2 heterocycles. The summed E-state index contributed by atoms with van der Waals surface area (Å²) in [6, 6.07) is 0.419. The van der Waals surface area contributed by atoms with Gasteiger partial charge in [0.15, 0.2) is 5.82 Å². The van der Waals surface area contributed by atoms with Gasteiger partial charge in [-0.2, -0.15) is 4.98 Å². The summed E-state index contributed by atoms with van der Waals surface area (Å²) in [4.78, 5) is 17.9.